The minimum Gasteiger partial charge on any atom is -0.386 e. The second-order valence-corrected chi connectivity index (χ2v) is 7.82. The Morgan fingerprint density at radius 2 is 1.83 bits per heavy atom. The molecule has 2 heteroatoms. The van der Waals surface area contributed by atoms with Gasteiger partial charge in [-0.2, -0.15) is 0 Å². The lowest BCUT2D eigenvalue weighted by atomic mass is 9.94. The lowest BCUT2D eigenvalue weighted by Gasteiger charge is -2.21. The smallest absolute Gasteiger partial charge is 0.0840 e. The van der Waals surface area contributed by atoms with Crippen molar-refractivity contribution in [1.82, 2.24) is 4.90 Å². The summed E-state index contributed by atoms with van der Waals surface area (Å²) in [5.41, 5.74) is 2.70. The molecule has 0 amide bonds. The summed E-state index contributed by atoms with van der Waals surface area (Å²) in [4.78, 5) is 2.24. The molecule has 0 atom stereocenters. The van der Waals surface area contributed by atoms with E-state index in [1.165, 1.54) is 11.1 Å². The van der Waals surface area contributed by atoms with Gasteiger partial charge in [0.2, 0.25) is 0 Å². The number of hydrogen-bond acceptors (Lipinski definition) is 2. The molecule has 0 unspecified atom stereocenters. The van der Waals surface area contributed by atoms with E-state index in [9.17, 15) is 5.11 Å². The molecule has 0 spiro atoms. The third-order valence-corrected chi connectivity index (χ3v) is 3.56. The highest BCUT2D eigenvalue weighted by atomic mass is 16.3. The van der Waals surface area contributed by atoms with Crippen molar-refractivity contribution in [3.8, 4) is 11.8 Å². The molecule has 1 aromatic carbocycles. The molecule has 0 saturated heterocycles. The predicted molar refractivity (Wildman–Crippen MR) is 99.1 cm³/mol. The highest BCUT2D eigenvalue weighted by Crippen LogP contribution is 2.23. The third kappa shape index (κ3) is 7.50. The molecule has 0 aliphatic carbocycles. The molecule has 0 radical (unpaired) electrons. The Morgan fingerprint density at radius 1 is 1.17 bits per heavy atom. The van der Waals surface area contributed by atoms with Crippen LogP contribution in [0, 0.1) is 24.2 Å². The summed E-state index contributed by atoms with van der Waals surface area (Å²) >= 11 is 0. The second-order valence-electron chi connectivity index (χ2n) is 7.82. The number of aliphatic hydroxyl groups is 1. The summed E-state index contributed by atoms with van der Waals surface area (Å²) in [5, 5.41) is 10.2. The molecule has 0 fully saturated rings. The molecule has 23 heavy (non-hydrogen) atoms. The fourth-order valence-electron chi connectivity index (χ4n) is 2.13. The van der Waals surface area contributed by atoms with Gasteiger partial charge in [0.05, 0.1) is 5.60 Å². The number of nitrogens with zero attached hydrogens (tertiary/aromatic N) is 1. The fraction of sp³-hybridized carbons (Fsp3) is 0.524. The van der Waals surface area contributed by atoms with E-state index in [1.54, 1.807) is 0 Å². The Bertz CT molecular complexity index is 603. The fourth-order valence-corrected chi connectivity index (χ4v) is 2.13. The Kier molecular flexibility index (Phi) is 6.62. The number of allylic oxidation sites excluding steroid dienone is 1. The van der Waals surface area contributed by atoms with Crippen LogP contribution in [0.3, 0.4) is 0 Å². The second kappa shape index (κ2) is 7.81. The van der Waals surface area contributed by atoms with Crippen molar-refractivity contribution in [2.24, 2.45) is 5.41 Å². The van der Waals surface area contributed by atoms with Crippen molar-refractivity contribution in [3.05, 3.63) is 47.0 Å². The van der Waals surface area contributed by atoms with Crippen LogP contribution in [0.15, 0.2) is 30.4 Å². The van der Waals surface area contributed by atoms with Crippen LogP contribution in [-0.2, 0) is 12.1 Å². The SMILES string of the molecule is Cc1ccc(C(C)(C)O)cc1CN(C)C/C=C/C#CC(C)(C)C. The van der Waals surface area contributed by atoms with E-state index in [0.717, 1.165) is 18.7 Å². The summed E-state index contributed by atoms with van der Waals surface area (Å²) in [7, 11) is 2.09. The largest absolute Gasteiger partial charge is 0.386 e. The van der Waals surface area contributed by atoms with Crippen molar-refractivity contribution in [1.29, 1.82) is 0 Å². The molecule has 0 aliphatic rings. The van der Waals surface area contributed by atoms with E-state index in [-0.39, 0.29) is 5.41 Å². The topological polar surface area (TPSA) is 23.5 Å². The van der Waals surface area contributed by atoms with Gasteiger partial charge in [-0.05, 0) is 71.4 Å². The Balaban J connectivity index is 2.69. The first-order chi connectivity index (χ1) is 10.5. The average molecular weight is 313 g/mol. The van der Waals surface area contributed by atoms with Crippen LogP contribution in [-0.4, -0.2) is 23.6 Å². The van der Waals surface area contributed by atoms with E-state index in [0.29, 0.717) is 0 Å². The van der Waals surface area contributed by atoms with Crippen molar-refractivity contribution in [2.45, 2.75) is 53.7 Å². The summed E-state index contributed by atoms with van der Waals surface area (Å²) in [6.45, 7) is 13.8. The van der Waals surface area contributed by atoms with Gasteiger partial charge < -0.3 is 5.11 Å². The molecule has 0 bridgehead atoms. The van der Waals surface area contributed by atoms with Gasteiger partial charge in [-0.3, -0.25) is 4.90 Å². The summed E-state index contributed by atoms with van der Waals surface area (Å²) in [6, 6.07) is 6.19. The van der Waals surface area contributed by atoms with Gasteiger partial charge in [-0.15, -0.1) is 0 Å². The minimum absolute atomic E-state index is 0.0465. The van der Waals surface area contributed by atoms with Crippen LogP contribution in [0.4, 0.5) is 0 Å². The van der Waals surface area contributed by atoms with E-state index >= 15 is 0 Å². The zero-order valence-electron chi connectivity index (χ0n) is 15.7. The molecule has 1 N–H and O–H groups in total. The molecular weight excluding hydrogens is 282 g/mol. The molecule has 1 rings (SSSR count). The number of likely N-dealkylation sites (N-methyl/N-ethyl adjacent to an activating group) is 1. The van der Waals surface area contributed by atoms with Gasteiger partial charge in [-0.1, -0.05) is 36.1 Å². The first-order valence-electron chi connectivity index (χ1n) is 8.18. The van der Waals surface area contributed by atoms with Crippen LogP contribution < -0.4 is 0 Å². The Hall–Kier alpha value is -1.56. The van der Waals surface area contributed by atoms with Gasteiger partial charge >= 0.3 is 0 Å². The number of aryl methyl sites for hydroxylation is 1. The van der Waals surface area contributed by atoms with Crippen molar-refractivity contribution in [2.75, 3.05) is 13.6 Å². The standard InChI is InChI=1S/C21H31NO/c1-17-11-12-19(21(5,6)23)15-18(17)16-22(7)14-10-8-9-13-20(2,3)4/h8,10-12,15,23H,14,16H2,1-7H3/b10-8+. The summed E-state index contributed by atoms with van der Waals surface area (Å²) < 4.78 is 0. The maximum absolute atomic E-state index is 10.2. The summed E-state index contributed by atoms with van der Waals surface area (Å²) in [5.74, 6) is 6.29. The first kappa shape index (κ1) is 19.5. The Labute approximate surface area is 142 Å². The van der Waals surface area contributed by atoms with E-state index in [1.807, 2.05) is 26.0 Å². The lowest BCUT2D eigenvalue weighted by molar-refractivity contribution is 0.0784. The molecule has 0 aromatic heterocycles. The number of hydrogen-bond donors (Lipinski definition) is 1. The van der Waals surface area contributed by atoms with E-state index in [4.69, 9.17) is 0 Å². The van der Waals surface area contributed by atoms with Crippen molar-refractivity contribution >= 4 is 0 Å². The van der Waals surface area contributed by atoms with Gasteiger partial charge in [0.15, 0.2) is 0 Å². The van der Waals surface area contributed by atoms with Crippen LogP contribution >= 0.6 is 0 Å². The van der Waals surface area contributed by atoms with E-state index < -0.39 is 5.60 Å². The predicted octanol–water partition coefficient (Wildman–Crippen LogP) is 4.26. The zero-order valence-corrected chi connectivity index (χ0v) is 15.7. The van der Waals surface area contributed by atoms with Crippen molar-refractivity contribution in [3.63, 3.8) is 0 Å². The molecule has 1 aromatic rings. The van der Waals surface area contributed by atoms with Crippen LogP contribution in [0.1, 0.15) is 51.3 Å². The molecular formula is C21H31NO. The highest BCUT2D eigenvalue weighted by molar-refractivity contribution is 5.33. The lowest BCUT2D eigenvalue weighted by Crippen LogP contribution is -2.20. The maximum atomic E-state index is 10.2. The van der Waals surface area contributed by atoms with Crippen LogP contribution in [0.5, 0.6) is 0 Å². The van der Waals surface area contributed by atoms with Gasteiger partial charge in [-0.25, -0.2) is 0 Å². The van der Waals surface area contributed by atoms with Crippen molar-refractivity contribution < 1.29 is 5.11 Å². The monoisotopic (exact) mass is 313 g/mol. The first-order valence-corrected chi connectivity index (χ1v) is 8.18. The highest BCUT2D eigenvalue weighted by Gasteiger charge is 2.17. The normalized spacial score (nSPS) is 12.6. The van der Waals surface area contributed by atoms with Gasteiger partial charge in [0, 0.05) is 18.5 Å². The Morgan fingerprint density at radius 3 is 2.39 bits per heavy atom. The zero-order chi connectivity index (χ0) is 17.7. The molecule has 0 aliphatic heterocycles. The molecule has 0 saturated carbocycles. The average Bonchev–Trinajstić information content (AvgIpc) is 2.38. The van der Waals surface area contributed by atoms with Crippen LogP contribution in [0.2, 0.25) is 0 Å². The quantitative estimate of drug-likeness (QED) is 0.821. The maximum Gasteiger partial charge on any atom is 0.0840 e. The summed E-state index contributed by atoms with van der Waals surface area (Å²) in [6.07, 6.45) is 4.02. The number of benzene rings is 1. The third-order valence-electron chi connectivity index (χ3n) is 3.56. The molecule has 126 valence electrons. The molecule has 0 heterocycles. The van der Waals surface area contributed by atoms with Gasteiger partial charge in [0.25, 0.3) is 0 Å². The van der Waals surface area contributed by atoms with Gasteiger partial charge in [0.1, 0.15) is 0 Å². The minimum atomic E-state index is -0.802. The van der Waals surface area contributed by atoms with Crippen LogP contribution in [0.25, 0.3) is 0 Å². The molecule has 2 nitrogen and oxygen atoms in total. The number of rotatable bonds is 5. The van der Waals surface area contributed by atoms with E-state index in [2.05, 4.69) is 69.7 Å².